The largest absolute Gasteiger partial charge is 0.469 e. The first-order valence-electron chi connectivity index (χ1n) is 7.28. The third-order valence-electron chi connectivity index (χ3n) is 3.37. The van der Waals surface area contributed by atoms with Crippen LogP contribution in [-0.2, 0) is 5.75 Å². The molecule has 1 aromatic carbocycles. The monoisotopic (exact) mass is 374 g/mol. The first-order valence-corrected chi connectivity index (χ1v) is 8.65. The van der Waals surface area contributed by atoms with Crippen LogP contribution in [0.4, 0.5) is 0 Å². The molecular weight excluding hydrogens is 364 g/mol. The number of furan rings is 1. The van der Waals surface area contributed by atoms with Crippen LogP contribution in [0.15, 0.2) is 55.2 Å². The van der Waals surface area contributed by atoms with Gasteiger partial charge in [0.05, 0.1) is 17.6 Å². The molecule has 3 aromatic heterocycles. The molecule has 0 saturated carbocycles. The van der Waals surface area contributed by atoms with Crippen molar-refractivity contribution in [3.63, 3.8) is 0 Å². The quantitative estimate of drug-likeness (QED) is 0.467. The second-order valence-corrected chi connectivity index (χ2v) is 6.44. The molecule has 4 rings (SSSR count). The summed E-state index contributed by atoms with van der Waals surface area (Å²) in [5.41, 5.74) is 1.57. The number of halogens is 1. The molecule has 9 heteroatoms. The number of aromatic nitrogens is 4. The van der Waals surface area contributed by atoms with E-state index in [1.165, 1.54) is 11.8 Å². The molecule has 0 radical (unpaired) electrons. The molecule has 3 heterocycles. The van der Waals surface area contributed by atoms with Gasteiger partial charge < -0.3 is 13.4 Å². The number of hydrogen-bond acceptors (Lipinski definition) is 8. The van der Waals surface area contributed by atoms with Gasteiger partial charge in [-0.25, -0.2) is 0 Å². The molecule has 0 atom stereocenters. The van der Waals surface area contributed by atoms with Crippen LogP contribution in [0.3, 0.4) is 0 Å². The Morgan fingerprint density at radius 1 is 1.20 bits per heavy atom. The molecule has 0 saturated heterocycles. The van der Waals surface area contributed by atoms with Crippen molar-refractivity contribution in [3.8, 4) is 22.8 Å². The van der Waals surface area contributed by atoms with Gasteiger partial charge in [0.1, 0.15) is 5.76 Å². The average Bonchev–Trinajstić information content (AvgIpc) is 3.33. The van der Waals surface area contributed by atoms with E-state index < -0.39 is 0 Å². The van der Waals surface area contributed by atoms with Crippen molar-refractivity contribution in [2.75, 3.05) is 0 Å². The maximum Gasteiger partial charge on any atom is 0.277 e. The topological polar surface area (TPSA) is 91.0 Å². The molecule has 0 fully saturated rings. The third-order valence-corrected chi connectivity index (χ3v) is 4.40. The highest BCUT2D eigenvalue weighted by Gasteiger charge is 2.15. The third kappa shape index (κ3) is 3.45. The predicted molar refractivity (Wildman–Crippen MR) is 91.0 cm³/mol. The highest BCUT2D eigenvalue weighted by molar-refractivity contribution is 7.98. The first-order chi connectivity index (χ1) is 12.2. The summed E-state index contributed by atoms with van der Waals surface area (Å²) >= 11 is 7.29. The number of hydrogen-bond donors (Lipinski definition) is 0. The van der Waals surface area contributed by atoms with E-state index in [9.17, 15) is 0 Å². The van der Waals surface area contributed by atoms with Gasteiger partial charge in [-0.15, -0.1) is 10.2 Å². The lowest BCUT2D eigenvalue weighted by Gasteiger charge is -1.93. The van der Waals surface area contributed by atoms with Crippen molar-refractivity contribution in [1.82, 2.24) is 20.3 Å². The minimum Gasteiger partial charge on any atom is -0.469 e. The maximum atomic E-state index is 5.97. The van der Waals surface area contributed by atoms with Gasteiger partial charge in [0.2, 0.25) is 11.7 Å². The smallest absolute Gasteiger partial charge is 0.277 e. The Morgan fingerprint density at radius 2 is 2.12 bits per heavy atom. The van der Waals surface area contributed by atoms with Gasteiger partial charge in [-0.2, -0.15) is 4.98 Å². The van der Waals surface area contributed by atoms with Crippen LogP contribution in [0.25, 0.3) is 22.8 Å². The van der Waals surface area contributed by atoms with Crippen LogP contribution in [0.1, 0.15) is 11.7 Å². The van der Waals surface area contributed by atoms with Gasteiger partial charge >= 0.3 is 0 Å². The van der Waals surface area contributed by atoms with Crippen molar-refractivity contribution >= 4 is 23.4 Å². The fraction of sp³-hybridized carbons (Fsp3) is 0.125. The van der Waals surface area contributed by atoms with Crippen molar-refractivity contribution in [3.05, 3.63) is 53.3 Å². The first kappa shape index (κ1) is 15.9. The van der Waals surface area contributed by atoms with Crippen molar-refractivity contribution < 1.29 is 13.4 Å². The van der Waals surface area contributed by atoms with Crippen LogP contribution in [0, 0.1) is 6.92 Å². The highest BCUT2D eigenvalue weighted by atomic mass is 35.5. The normalized spacial score (nSPS) is 11.1. The minimum atomic E-state index is 0.415. The van der Waals surface area contributed by atoms with Gasteiger partial charge in [0.25, 0.3) is 11.1 Å². The molecule has 0 bridgehead atoms. The molecule has 0 aliphatic carbocycles. The van der Waals surface area contributed by atoms with E-state index in [0.717, 1.165) is 16.9 Å². The van der Waals surface area contributed by atoms with Gasteiger partial charge in [-0.3, -0.25) is 0 Å². The van der Waals surface area contributed by atoms with Gasteiger partial charge in [0.15, 0.2) is 0 Å². The second-order valence-electron chi connectivity index (χ2n) is 5.07. The summed E-state index contributed by atoms with van der Waals surface area (Å²) < 4.78 is 16.1. The predicted octanol–water partition coefficient (Wildman–Crippen LogP) is 4.63. The fourth-order valence-electron chi connectivity index (χ4n) is 2.17. The van der Waals surface area contributed by atoms with Crippen molar-refractivity contribution in [2.45, 2.75) is 17.9 Å². The van der Waals surface area contributed by atoms with E-state index in [2.05, 4.69) is 20.3 Å². The zero-order chi connectivity index (χ0) is 17.2. The van der Waals surface area contributed by atoms with E-state index in [-0.39, 0.29) is 0 Å². The molecule has 0 unspecified atom stereocenters. The lowest BCUT2D eigenvalue weighted by Crippen LogP contribution is -1.83. The van der Waals surface area contributed by atoms with Crippen LogP contribution in [0.2, 0.25) is 5.02 Å². The molecule has 0 N–H and O–H groups in total. The number of rotatable bonds is 5. The molecular formula is C16H11ClN4O3S. The molecule has 0 spiro atoms. The lowest BCUT2D eigenvalue weighted by molar-refractivity contribution is 0.391. The molecule has 0 aliphatic heterocycles. The summed E-state index contributed by atoms with van der Waals surface area (Å²) in [6, 6.07) is 9.05. The van der Waals surface area contributed by atoms with Crippen molar-refractivity contribution in [1.29, 1.82) is 0 Å². The molecule has 25 heavy (non-hydrogen) atoms. The van der Waals surface area contributed by atoms with Crippen LogP contribution >= 0.6 is 23.4 Å². The Morgan fingerprint density at radius 3 is 2.92 bits per heavy atom. The average molecular weight is 375 g/mol. The number of nitrogens with zero attached hydrogens (tertiary/aromatic N) is 4. The lowest BCUT2D eigenvalue weighted by atomic mass is 10.2. The molecule has 0 aliphatic rings. The Bertz CT molecular complexity index is 1010. The standard InChI is InChI=1S/C16H11ClN4O3S/c1-9-12(5-6-22-9)15-19-20-16(23-15)25-8-13-18-14(21-24-13)10-3-2-4-11(17)7-10/h2-7H,8H2,1H3. The second kappa shape index (κ2) is 6.73. The minimum absolute atomic E-state index is 0.415. The molecule has 7 nitrogen and oxygen atoms in total. The highest BCUT2D eigenvalue weighted by Crippen LogP contribution is 2.28. The Kier molecular flexibility index (Phi) is 4.29. The van der Waals surface area contributed by atoms with Crippen LogP contribution < -0.4 is 0 Å². The molecule has 126 valence electrons. The Balaban J connectivity index is 1.44. The van der Waals surface area contributed by atoms with E-state index in [1.807, 2.05) is 19.1 Å². The van der Waals surface area contributed by atoms with Gasteiger partial charge in [-0.05, 0) is 25.1 Å². The summed E-state index contributed by atoms with van der Waals surface area (Å²) in [7, 11) is 0. The van der Waals surface area contributed by atoms with Crippen molar-refractivity contribution in [2.24, 2.45) is 0 Å². The van der Waals surface area contributed by atoms with E-state index in [4.69, 9.17) is 25.0 Å². The van der Waals surface area contributed by atoms with Gasteiger partial charge in [0, 0.05) is 10.6 Å². The molecule has 0 amide bonds. The summed E-state index contributed by atoms with van der Waals surface area (Å²) in [5.74, 6) is 2.50. The SMILES string of the molecule is Cc1occc1-c1nnc(SCc2nc(-c3cccc(Cl)c3)no2)o1. The summed E-state index contributed by atoms with van der Waals surface area (Å²) in [5, 5.41) is 13.0. The zero-order valence-corrected chi connectivity index (χ0v) is 14.5. The van der Waals surface area contributed by atoms with E-state index in [0.29, 0.717) is 33.6 Å². The number of aryl methyl sites for hydroxylation is 1. The summed E-state index contributed by atoms with van der Waals surface area (Å²) in [6.07, 6.45) is 1.58. The van der Waals surface area contributed by atoms with E-state index in [1.54, 1.807) is 24.5 Å². The van der Waals surface area contributed by atoms with Crippen LogP contribution in [0.5, 0.6) is 0 Å². The maximum absolute atomic E-state index is 5.97. The molecule has 4 aromatic rings. The zero-order valence-electron chi connectivity index (χ0n) is 13.0. The summed E-state index contributed by atoms with van der Waals surface area (Å²) in [6.45, 7) is 1.84. The van der Waals surface area contributed by atoms with Gasteiger partial charge in [-0.1, -0.05) is 40.7 Å². The Hall–Kier alpha value is -2.58. The fourth-order valence-corrected chi connectivity index (χ4v) is 2.96. The van der Waals surface area contributed by atoms with Crippen LogP contribution in [-0.4, -0.2) is 20.3 Å². The van der Waals surface area contributed by atoms with E-state index >= 15 is 0 Å². The Labute approximate surface area is 151 Å². The number of thioether (sulfide) groups is 1. The summed E-state index contributed by atoms with van der Waals surface area (Å²) in [4.78, 5) is 4.35. The number of benzene rings is 1.